The predicted octanol–water partition coefficient (Wildman–Crippen LogP) is 3.17. The number of carbonyl (C=O) groups excluding carboxylic acids is 2. The monoisotopic (exact) mass is 451 g/mol. The van der Waals surface area contributed by atoms with Crippen molar-refractivity contribution in [2.75, 3.05) is 13.6 Å². The van der Waals surface area contributed by atoms with Crippen molar-refractivity contribution in [1.82, 2.24) is 20.2 Å². The molecule has 1 saturated carbocycles. The van der Waals surface area contributed by atoms with Gasteiger partial charge < -0.3 is 20.9 Å². The number of thiazole rings is 1. The molecular weight excluding hydrogens is 422 g/mol. The standard InChI is InChI=1S/C24H29N5O2S/c1-14-6-7-16-15(11-14)12-18(26-16)21(30)24(25)9-4-3-5-20(24)28-22(31)23-27-17-8-10-29(2)13-19(17)32-23/h6-7,11-12,20,26H,3-5,8-10,13,25H2,1-2H3,(H,28,31). The maximum absolute atomic E-state index is 13.6. The molecular formula is C24H29N5O2S. The smallest absolute Gasteiger partial charge is 0.280 e. The molecule has 2 aliphatic rings. The molecule has 1 aromatic carbocycles. The van der Waals surface area contributed by atoms with Crippen LogP contribution >= 0.6 is 11.3 Å². The van der Waals surface area contributed by atoms with E-state index in [1.165, 1.54) is 11.3 Å². The summed E-state index contributed by atoms with van der Waals surface area (Å²) < 4.78 is 0. The number of aromatic nitrogens is 2. The van der Waals surface area contributed by atoms with E-state index in [2.05, 4.69) is 27.2 Å². The molecule has 7 nitrogen and oxygen atoms in total. The molecule has 1 fully saturated rings. The number of H-pyrrole nitrogens is 1. The van der Waals surface area contributed by atoms with Gasteiger partial charge in [-0.2, -0.15) is 0 Å². The highest BCUT2D eigenvalue weighted by Gasteiger charge is 2.45. The molecule has 0 spiro atoms. The minimum absolute atomic E-state index is 0.142. The molecule has 0 saturated heterocycles. The van der Waals surface area contributed by atoms with Gasteiger partial charge in [-0.15, -0.1) is 11.3 Å². The molecule has 1 aliphatic carbocycles. The van der Waals surface area contributed by atoms with Crippen LogP contribution in [0.25, 0.3) is 10.9 Å². The number of hydrogen-bond acceptors (Lipinski definition) is 6. The summed E-state index contributed by atoms with van der Waals surface area (Å²) in [5.74, 6) is -0.370. The molecule has 4 N–H and O–H groups in total. The van der Waals surface area contributed by atoms with Crippen LogP contribution in [0.15, 0.2) is 24.3 Å². The summed E-state index contributed by atoms with van der Waals surface area (Å²) in [6, 6.07) is 7.49. The van der Waals surface area contributed by atoms with E-state index in [0.29, 0.717) is 23.5 Å². The van der Waals surface area contributed by atoms with E-state index in [-0.39, 0.29) is 11.7 Å². The van der Waals surface area contributed by atoms with Crippen LogP contribution in [0, 0.1) is 6.92 Å². The van der Waals surface area contributed by atoms with Crippen LogP contribution in [0.3, 0.4) is 0 Å². The summed E-state index contributed by atoms with van der Waals surface area (Å²) in [6.45, 7) is 3.80. The van der Waals surface area contributed by atoms with E-state index >= 15 is 0 Å². The van der Waals surface area contributed by atoms with Crippen LogP contribution < -0.4 is 11.1 Å². The summed E-state index contributed by atoms with van der Waals surface area (Å²) in [5.41, 5.74) is 9.20. The Morgan fingerprint density at radius 1 is 1.31 bits per heavy atom. The normalized spacial score (nSPS) is 23.8. The average molecular weight is 452 g/mol. The topological polar surface area (TPSA) is 104 Å². The predicted molar refractivity (Wildman–Crippen MR) is 126 cm³/mol. The zero-order valence-electron chi connectivity index (χ0n) is 18.5. The number of rotatable bonds is 4. The Bertz CT molecular complexity index is 1200. The van der Waals surface area contributed by atoms with Crippen molar-refractivity contribution in [2.24, 2.45) is 5.73 Å². The second-order valence-electron chi connectivity index (χ2n) is 9.29. The van der Waals surface area contributed by atoms with Gasteiger partial charge in [-0.1, -0.05) is 24.5 Å². The first kappa shape index (κ1) is 21.3. The minimum atomic E-state index is -1.14. The van der Waals surface area contributed by atoms with E-state index in [0.717, 1.165) is 59.4 Å². The van der Waals surface area contributed by atoms with Gasteiger partial charge in [0.15, 0.2) is 5.01 Å². The number of hydrogen-bond donors (Lipinski definition) is 3. The number of benzene rings is 1. The number of aromatic amines is 1. The zero-order chi connectivity index (χ0) is 22.5. The van der Waals surface area contributed by atoms with Gasteiger partial charge in [0, 0.05) is 35.3 Å². The van der Waals surface area contributed by atoms with Gasteiger partial charge >= 0.3 is 0 Å². The first-order valence-corrected chi connectivity index (χ1v) is 12.1. The second kappa shape index (κ2) is 8.10. The number of nitrogens with one attached hydrogen (secondary N) is 2. The zero-order valence-corrected chi connectivity index (χ0v) is 19.3. The van der Waals surface area contributed by atoms with E-state index in [1.54, 1.807) is 0 Å². The molecule has 2 unspecified atom stereocenters. The Morgan fingerprint density at radius 3 is 3.00 bits per heavy atom. The number of aryl methyl sites for hydroxylation is 1. The molecule has 0 bridgehead atoms. The molecule has 3 heterocycles. The fraction of sp³-hybridized carbons (Fsp3) is 0.458. The number of fused-ring (bicyclic) bond motifs is 2. The molecule has 8 heteroatoms. The van der Waals surface area contributed by atoms with E-state index in [9.17, 15) is 9.59 Å². The van der Waals surface area contributed by atoms with Gasteiger partial charge in [0.25, 0.3) is 5.91 Å². The van der Waals surface area contributed by atoms with Crippen molar-refractivity contribution >= 4 is 33.9 Å². The summed E-state index contributed by atoms with van der Waals surface area (Å²) in [5, 5.41) is 4.53. The maximum atomic E-state index is 13.6. The number of amides is 1. The van der Waals surface area contributed by atoms with Gasteiger partial charge in [0.1, 0.15) is 5.54 Å². The average Bonchev–Trinajstić information content (AvgIpc) is 3.38. The molecule has 168 valence electrons. The number of likely N-dealkylation sites (N-methyl/N-ethyl adjacent to an activating group) is 1. The third-order valence-electron chi connectivity index (χ3n) is 6.82. The first-order chi connectivity index (χ1) is 15.3. The molecule has 32 heavy (non-hydrogen) atoms. The Balaban J connectivity index is 1.39. The van der Waals surface area contributed by atoms with E-state index < -0.39 is 11.6 Å². The first-order valence-electron chi connectivity index (χ1n) is 11.2. The van der Waals surface area contributed by atoms with Crippen molar-refractivity contribution in [3.63, 3.8) is 0 Å². The van der Waals surface area contributed by atoms with Crippen molar-refractivity contribution in [3.8, 4) is 0 Å². The molecule has 1 amide bonds. The second-order valence-corrected chi connectivity index (χ2v) is 10.4. The summed E-state index contributed by atoms with van der Waals surface area (Å²) in [6.07, 6.45) is 3.89. The van der Waals surface area contributed by atoms with Gasteiger partial charge in [0.2, 0.25) is 5.78 Å². The highest BCUT2D eigenvalue weighted by atomic mass is 32.1. The molecule has 2 atom stereocenters. The van der Waals surface area contributed by atoms with E-state index in [4.69, 9.17) is 5.73 Å². The largest absolute Gasteiger partial charge is 0.352 e. The molecule has 0 radical (unpaired) electrons. The van der Waals surface area contributed by atoms with Gasteiger partial charge in [-0.25, -0.2) is 4.98 Å². The lowest BCUT2D eigenvalue weighted by Gasteiger charge is -2.39. The summed E-state index contributed by atoms with van der Waals surface area (Å²) >= 11 is 1.45. The van der Waals surface area contributed by atoms with Crippen LogP contribution in [0.4, 0.5) is 0 Å². The number of carbonyl (C=O) groups is 2. The Labute approximate surface area is 191 Å². The van der Waals surface area contributed by atoms with Crippen LogP contribution in [0.5, 0.6) is 0 Å². The number of nitrogens with two attached hydrogens (primary N) is 1. The minimum Gasteiger partial charge on any atom is -0.352 e. The fourth-order valence-corrected chi connectivity index (χ4v) is 6.03. The lowest BCUT2D eigenvalue weighted by atomic mass is 9.74. The third-order valence-corrected chi connectivity index (χ3v) is 7.90. The molecule has 5 rings (SSSR count). The molecule has 2 aromatic heterocycles. The quantitative estimate of drug-likeness (QED) is 0.529. The Morgan fingerprint density at radius 2 is 2.16 bits per heavy atom. The fourth-order valence-electron chi connectivity index (χ4n) is 4.94. The third kappa shape index (κ3) is 3.76. The highest BCUT2D eigenvalue weighted by molar-refractivity contribution is 7.13. The molecule has 3 aromatic rings. The maximum Gasteiger partial charge on any atom is 0.280 e. The lowest BCUT2D eigenvalue weighted by molar-refractivity contribution is 0.0755. The number of Topliss-reactive ketones (excluding diaryl/α,β-unsaturated/α-hetero) is 1. The van der Waals surface area contributed by atoms with Crippen LogP contribution in [0.2, 0.25) is 0 Å². The van der Waals surface area contributed by atoms with Gasteiger partial charge in [0.05, 0.1) is 17.4 Å². The Kier molecular flexibility index (Phi) is 5.39. The van der Waals surface area contributed by atoms with Crippen LogP contribution in [0.1, 0.15) is 62.1 Å². The van der Waals surface area contributed by atoms with Crippen LogP contribution in [-0.4, -0.2) is 51.7 Å². The van der Waals surface area contributed by atoms with Crippen molar-refractivity contribution in [2.45, 2.75) is 57.2 Å². The van der Waals surface area contributed by atoms with Gasteiger partial charge in [-0.05, 0) is 45.0 Å². The SMILES string of the molecule is Cc1ccc2[nH]c(C(=O)C3(N)CCCCC3NC(=O)c3nc4c(s3)CN(C)CC4)cc2c1. The van der Waals surface area contributed by atoms with Crippen molar-refractivity contribution in [3.05, 3.63) is 51.1 Å². The van der Waals surface area contributed by atoms with Crippen molar-refractivity contribution in [1.29, 1.82) is 0 Å². The molecule has 1 aliphatic heterocycles. The summed E-state index contributed by atoms with van der Waals surface area (Å²) in [7, 11) is 2.07. The van der Waals surface area contributed by atoms with E-state index in [1.807, 2.05) is 31.2 Å². The highest BCUT2D eigenvalue weighted by Crippen LogP contribution is 2.32. The van der Waals surface area contributed by atoms with Crippen LogP contribution in [-0.2, 0) is 13.0 Å². The number of ketones is 1. The number of nitrogens with zero attached hydrogens (tertiary/aromatic N) is 2. The summed E-state index contributed by atoms with van der Waals surface area (Å²) in [4.78, 5) is 37.9. The van der Waals surface area contributed by atoms with Gasteiger partial charge in [-0.3, -0.25) is 9.59 Å². The lowest BCUT2D eigenvalue weighted by Crippen LogP contribution is -2.64. The van der Waals surface area contributed by atoms with Crippen molar-refractivity contribution < 1.29 is 9.59 Å². The Hall–Kier alpha value is -2.55.